The zero-order chi connectivity index (χ0) is 24.4. The summed E-state index contributed by atoms with van der Waals surface area (Å²) in [6.45, 7) is 5.60. The molecule has 1 amide bonds. The van der Waals surface area contributed by atoms with Crippen molar-refractivity contribution in [1.29, 1.82) is 0 Å². The van der Waals surface area contributed by atoms with Gasteiger partial charge in [0.2, 0.25) is 5.91 Å². The second-order valence-electron chi connectivity index (χ2n) is 9.11. The second kappa shape index (κ2) is 9.74. The van der Waals surface area contributed by atoms with Gasteiger partial charge in [-0.1, -0.05) is 29.8 Å². The zero-order valence-corrected chi connectivity index (χ0v) is 20.3. The lowest BCUT2D eigenvalue weighted by Gasteiger charge is -2.32. The van der Waals surface area contributed by atoms with Gasteiger partial charge < -0.3 is 15.0 Å². The van der Waals surface area contributed by atoms with E-state index in [0.29, 0.717) is 5.65 Å². The second-order valence-corrected chi connectivity index (χ2v) is 9.11. The van der Waals surface area contributed by atoms with Crippen molar-refractivity contribution in [2.24, 2.45) is 5.92 Å². The Labute approximate surface area is 205 Å². The number of hydrogen-bond acceptors (Lipinski definition) is 6. The van der Waals surface area contributed by atoms with Crippen LogP contribution in [0.25, 0.3) is 16.7 Å². The molecule has 35 heavy (non-hydrogen) atoms. The molecule has 1 atom stereocenters. The summed E-state index contributed by atoms with van der Waals surface area (Å²) in [5.41, 5.74) is 3.92. The minimum absolute atomic E-state index is 0.0143. The van der Waals surface area contributed by atoms with E-state index in [1.165, 1.54) is 5.56 Å². The number of benzene rings is 2. The van der Waals surface area contributed by atoms with Crippen molar-refractivity contribution in [3.05, 3.63) is 72.2 Å². The molecule has 0 spiro atoms. The Hall–Kier alpha value is -3.94. The predicted molar refractivity (Wildman–Crippen MR) is 136 cm³/mol. The Morgan fingerprint density at radius 3 is 2.46 bits per heavy atom. The largest absolute Gasteiger partial charge is 0.497 e. The number of anilines is 1. The van der Waals surface area contributed by atoms with Gasteiger partial charge in [0.05, 0.1) is 24.2 Å². The molecular weight excluding hydrogens is 440 g/mol. The highest BCUT2D eigenvalue weighted by molar-refractivity contribution is 5.87. The van der Waals surface area contributed by atoms with Crippen molar-refractivity contribution in [3.63, 3.8) is 0 Å². The molecule has 0 aliphatic carbocycles. The van der Waals surface area contributed by atoms with E-state index >= 15 is 0 Å². The fourth-order valence-corrected chi connectivity index (χ4v) is 4.57. The van der Waals surface area contributed by atoms with Gasteiger partial charge in [0.15, 0.2) is 5.65 Å². The first-order valence-corrected chi connectivity index (χ1v) is 12.0. The fourth-order valence-electron chi connectivity index (χ4n) is 4.57. The number of carbonyl (C=O) groups is 1. The summed E-state index contributed by atoms with van der Waals surface area (Å²) in [6.07, 6.45) is 5.11. The van der Waals surface area contributed by atoms with Crippen molar-refractivity contribution in [3.8, 4) is 11.4 Å². The van der Waals surface area contributed by atoms with Crippen LogP contribution in [0.2, 0.25) is 0 Å². The molecule has 0 bridgehead atoms. The van der Waals surface area contributed by atoms with Gasteiger partial charge in [0.25, 0.3) is 0 Å². The number of fused-ring (bicyclic) bond motifs is 1. The molecular formula is C27H30N6O2. The van der Waals surface area contributed by atoms with E-state index in [1.54, 1.807) is 13.4 Å². The number of methoxy groups -OCH3 is 1. The van der Waals surface area contributed by atoms with Crippen LogP contribution >= 0.6 is 0 Å². The van der Waals surface area contributed by atoms with Gasteiger partial charge in [-0.05, 0) is 56.5 Å². The smallest absolute Gasteiger partial charge is 0.223 e. The Kier molecular flexibility index (Phi) is 6.35. The Bertz CT molecular complexity index is 1310. The normalized spacial score (nSPS) is 15.2. The van der Waals surface area contributed by atoms with Gasteiger partial charge >= 0.3 is 0 Å². The fraction of sp³-hybridized carbons (Fsp3) is 0.333. The minimum Gasteiger partial charge on any atom is -0.497 e. The van der Waals surface area contributed by atoms with E-state index < -0.39 is 0 Å². The quantitative estimate of drug-likeness (QED) is 0.454. The van der Waals surface area contributed by atoms with Crippen LogP contribution in [0.15, 0.2) is 61.1 Å². The van der Waals surface area contributed by atoms with Crippen LogP contribution in [-0.4, -0.2) is 45.9 Å². The number of carbonyl (C=O) groups excluding carboxylic acids is 1. The van der Waals surface area contributed by atoms with E-state index in [-0.39, 0.29) is 17.9 Å². The van der Waals surface area contributed by atoms with E-state index in [4.69, 9.17) is 4.74 Å². The van der Waals surface area contributed by atoms with E-state index in [0.717, 1.165) is 54.1 Å². The number of nitrogens with one attached hydrogen (secondary N) is 1. The van der Waals surface area contributed by atoms with Gasteiger partial charge in [0, 0.05) is 25.2 Å². The van der Waals surface area contributed by atoms with Crippen LogP contribution < -0.4 is 15.0 Å². The van der Waals surface area contributed by atoms with Gasteiger partial charge in [-0.2, -0.15) is 0 Å². The van der Waals surface area contributed by atoms with Crippen molar-refractivity contribution in [2.45, 2.75) is 32.7 Å². The van der Waals surface area contributed by atoms with E-state index in [1.807, 2.05) is 54.2 Å². The molecule has 2 aromatic heterocycles. The van der Waals surface area contributed by atoms with Crippen molar-refractivity contribution in [1.82, 2.24) is 25.1 Å². The maximum Gasteiger partial charge on any atom is 0.223 e. The Morgan fingerprint density at radius 1 is 1.06 bits per heavy atom. The molecule has 1 saturated heterocycles. The van der Waals surface area contributed by atoms with E-state index in [9.17, 15) is 4.79 Å². The molecule has 8 heteroatoms. The first kappa shape index (κ1) is 22.8. The monoisotopic (exact) mass is 470 g/mol. The van der Waals surface area contributed by atoms with Crippen molar-refractivity contribution >= 4 is 22.8 Å². The SMILES string of the molecule is COc1ccc([C@@H](C)NC(=O)C2CCN(c3ncnc4nn(-c5ccc(C)cc5)cc34)CC2)cc1. The number of piperidine rings is 1. The summed E-state index contributed by atoms with van der Waals surface area (Å²) in [4.78, 5) is 24.1. The molecule has 1 N–H and O–H groups in total. The van der Waals surface area contributed by atoms with Gasteiger partial charge in [-0.15, -0.1) is 5.10 Å². The lowest BCUT2D eigenvalue weighted by molar-refractivity contribution is -0.126. The molecule has 1 fully saturated rings. The molecule has 4 aromatic rings. The molecule has 8 nitrogen and oxygen atoms in total. The predicted octanol–water partition coefficient (Wildman–Crippen LogP) is 4.23. The summed E-state index contributed by atoms with van der Waals surface area (Å²) < 4.78 is 7.07. The Balaban J connectivity index is 1.24. The standard InChI is InChI=1S/C27H30N6O2/c1-18-4-8-22(9-5-18)33-16-24-25(31-33)28-17-29-26(24)32-14-12-21(13-15-32)27(34)30-19(2)20-6-10-23(35-3)11-7-20/h4-11,16-17,19,21H,12-15H2,1-3H3,(H,30,34)/t19-/m1/s1. The topological polar surface area (TPSA) is 85.2 Å². The summed E-state index contributed by atoms with van der Waals surface area (Å²) in [7, 11) is 1.65. The molecule has 0 saturated carbocycles. The number of aryl methyl sites for hydroxylation is 1. The molecule has 1 aliphatic heterocycles. The van der Waals surface area contributed by atoms with Crippen LogP contribution in [0.5, 0.6) is 5.75 Å². The van der Waals surface area contributed by atoms with Crippen LogP contribution in [0.3, 0.4) is 0 Å². The first-order valence-electron chi connectivity index (χ1n) is 12.0. The molecule has 5 rings (SSSR count). The van der Waals surface area contributed by atoms with Crippen molar-refractivity contribution in [2.75, 3.05) is 25.1 Å². The summed E-state index contributed by atoms with van der Waals surface area (Å²) >= 11 is 0. The van der Waals surface area contributed by atoms with Gasteiger partial charge in [-0.3, -0.25) is 4.79 Å². The third kappa shape index (κ3) is 4.82. The number of nitrogens with zero attached hydrogens (tertiary/aromatic N) is 5. The maximum absolute atomic E-state index is 13.0. The summed E-state index contributed by atoms with van der Waals surface area (Å²) in [6, 6.07) is 16.0. The maximum atomic E-state index is 13.0. The average Bonchev–Trinajstić information content (AvgIpc) is 3.34. The Morgan fingerprint density at radius 2 is 1.77 bits per heavy atom. The van der Waals surface area contributed by atoms with Crippen LogP contribution in [0.1, 0.15) is 36.9 Å². The summed E-state index contributed by atoms with van der Waals surface area (Å²) in [5, 5.41) is 8.75. The highest BCUT2D eigenvalue weighted by Crippen LogP contribution is 2.28. The van der Waals surface area contributed by atoms with Crippen LogP contribution in [0, 0.1) is 12.8 Å². The zero-order valence-electron chi connectivity index (χ0n) is 20.3. The number of rotatable bonds is 6. The number of amides is 1. The lowest BCUT2D eigenvalue weighted by Crippen LogP contribution is -2.41. The highest BCUT2D eigenvalue weighted by Gasteiger charge is 2.28. The molecule has 0 unspecified atom stereocenters. The minimum atomic E-state index is -0.0551. The average molecular weight is 471 g/mol. The molecule has 3 heterocycles. The lowest BCUT2D eigenvalue weighted by atomic mass is 9.95. The first-order chi connectivity index (χ1) is 17.0. The van der Waals surface area contributed by atoms with Crippen LogP contribution in [0.4, 0.5) is 5.82 Å². The van der Waals surface area contributed by atoms with Crippen LogP contribution in [-0.2, 0) is 4.79 Å². The molecule has 2 aromatic carbocycles. The van der Waals surface area contributed by atoms with E-state index in [2.05, 4.69) is 44.3 Å². The van der Waals surface area contributed by atoms with Gasteiger partial charge in [0.1, 0.15) is 17.9 Å². The number of hydrogen-bond donors (Lipinski definition) is 1. The molecule has 180 valence electrons. The highest BCUT2D eigenvalue weighted by atomic mass is 16.5. The van der Waals surface area contributed by atoms with Gasteiger partial charge in [-0.25, -0.2) is 14.6 Å². The molecule has 1 aliphatic rings. The summed E-state index contributed by atoms with van der Waals surface area (Å²) in [5.74, 6) is 1.77. The number of ether oxygens (including phenoxy) is 1. The number of aromatic nitrogens is 4. The third-order valence-electron chi connectivity index (χ3n) is 6.73. The van der Waals surface area contributed by atoms with Crippen molar-refractivity contribution < 1.29 is 9.53 Å². The third-order valence-corrected chi connectivity index (χ3v) is 6.73. The molecule has 0 radical (unpaired) electrons.